The Bertz CT molecular complexity index is 707. The number of hydrogen-bond donors (Lipinski definition) is 1. The Morgan fingerprint density at radius 2 is 1.85 bits per heavy atom. The SMILES string of the molecule is Cc1ccc(CNc2ccc(S(C)(=O)=O)nc2)cc1C. The second-order valence-electron chi connectivity index (χ2n) is 4.93. The predicted molar refractivity (Wildman–Crippen MR) is 80.6 cm³/mol. The molecule has 5 heteroatoms. The fourth-order valence-corrected chi connectivity index (χ4v) is 2.38. The van der Waals surface area contributed by atoms with Gasteiger partial charge in [-0.1, -0.05) is 18.2 Å². The number of nitrogens with zero attached hydrogens (tertiary/aromatic N) is 1. The number of hydrogen-bond acceptors (Lipinski definition) is 4. The molecule has 1 N–H and O–H groups in total. The van der Waals surface area contributed by atoms with Crippen LogP contribution in [0.25, 0.3) is 0 Å². The molecule has 0 unspecified atom stereocenters. The van der Waals surface area contributed by atoms with Gasteiger partial charge in [-0.2, -0.15) is 0 Å². The van der Waals surface area contributed by atoms with Crippen molar-refractivity contribution in [1.82, 2.24) is 4.98 Å². The van der Waals surface area contributed by atoms with Crippen molar-refractivity contribution in [3.05, 3.63) is 53.2 Å². The molecule has 0 saturated carbocycles. The van der Waals surface area contributed by atoms with E-state index in [0.29, 0.717) is 6.54 Å². The monoisotopic (exact) mass is 290 g/mol. The number of rotatable bonds is 4. The fourth-order valence-electron chi connectivity index (χ4n) is 1.82. The van der Waals surface area contributed by atoms with Gasteiger partial charge in [0.25, 0.3) is 0 Å². The van der Waals surface area contributed by atoms with Gasteiger partial charge in [0.15, 0.2) is 14.9 Å². The summed E-state index contributed by atoms with van der Waals surface area (Å²) in [6.07, 6.45) is 2.69. The van der Waals surface area contributed by atoms with Crippen LogP contribution in [0.1, 0.15) is 16.7 Å². The fraction of sp³-hybridized carbons (Fsp3) is 0.267. The van der Waals surface area contributed by atoms with E-state index < -0.39 is 9.84 Å². The van der Waals surface area contributed by atoms with Crippen molar-refractivity contribution in [2.45, 2.75) is 25.4 Å². The maximum absolute atomic E-state index is 11.3. The van der Waals surface area contributed by atoms with E-state index in [9.17, 15) is 8.42 Å². The highest BCUT2D eigenvalue weighted by Crippen LogP contribution is 2.14. The molecule has 1 aromatic heterocycles. The number of aromatic nitrogens is 1. The summed E-state index contributed by atoms with van der Waals surface area (Å²) in [5.74, 6) is 0. The van der Waals surface area contributed by atoms with Gasteiger partial charge in [-0.25, -0.2) is 13.4 Å². The molecular weight excluding hydrogens is 272 g/mol. The van der Waals surface area contributed by atoms with Gasteiger partial charge in [0.1, 0.15) is 0 Å². The number of anilines is 1. The highest BCUT2D eigenvalue weighted by Gasteiger charge is 2.07. The summed E-state index contributed by atoms with van der Waals surface area (Å²) < 4.78 is 22.6. The Morgan fingerprint density at radius 3 is 2.40 bits per heavy atom. The minimum atomic E-state index is -3.24. The third-order valence-electron chi connectivity index (χ3n) is 3.18. The molecule has 2 rings (SSSR count). The van der Waals surface area contributed by atoms with Gasteiger partial charge in [-0.3, -0.25) is 0 Å². The van der Waals surface area contributed by atoms with Crippen molar-refractivity contribution in [2.75, 3.05) is 11.6 Å². The Morgan fingerprint density at radius 1 is 1.10 bits per heavy atom. The molecule has 0 fully saturated rings. The Balaban J connectivity index is 2.06. The second-order valence-corrected chi connectivity index (χ2v) is 6.89. The van der Waals surface area contributed by atoms with E-state index in [4.69, 9.17) is 0 Å². The molecule has 106 valence electrons. The van der Waals surface area contributed by atoms with Gasteiger partial charge >= 0.3 is 0 Å². The maximum atomic E-state index is 11.3. The van der Waals surface area contributed by atoms with Crippen LogP contribution in [-0.4, -0.2) is 19.7 Å². The third-order valence-corrected chi connectivity index (χ3v) is 4.19. The molecule has 0 aliphatic carbocycles. The van der Waals surface area contributed by atoms with Crippen LogP contribution in [0.3, 0.4) is 0 Å². The van der Waals surface area contributed by atoms with E-state index in [1.807, 2.05) is 0 Å². The molecule has 20 heavy (non-hydrogen) atoms. The molecule has 0 saturated heterocycles. The van der Waals surface area contributed by atoms with Gasteiger partial charge in [0, 0.05) is 12.8 Å². The lowest BCUT2D eigenvalue weighted by molar-refractivity contribution is 0.598. The smallest absolute Gasteiger partial charge is 0.192 e. The molecule has 1 aromatic carbocycles. The predicted octanol–water partition coefficient (Wildman–Crippen LogP) is 2.71. The van der Waals surface area contributed by atoms with Crippen molar-refractivity contribution in [3.63, 3.8) is 0 Å². The van der Waals surface area contributed by atoms with Crippen molar-refractivity contribution < 1.29 is 8.42 Å². The summed E-state index contributed by atoms with van der Waals surface area (Å²) in [4.78, 5) is 3.94. The van der Waals surface area contributed by atoms with Crippen molar-refractivity contribution in [2.24, 2.45) is 0 Å². The first kappa shape index (κ1) is 14.5. The van der Waals surface area contributed by atoms with E-state index in [1.165, 1.54) is 29.0 Å². The number of nitrogens with one attached hydrogen (secondary N) is 1. The standard InChI is InChI=1S/C15H18N2O2S/c1-11-4-5-13(8-12(11)2)9-16-14-6-7-15(17-10-14)20(3,18)19/h4-8,10,16H,9H2,1-3H3. The lowest BCUT2D eigenvalue weighted by Crippen LogP contribution is -2.03. The van der Waals surface area contributed by atoms with Gasteiger partial charge in [-0.15, -0.1) is 0 Å². The summed E-state index contributed by atoms with van der Waals surface area (Å²) >= 11 is 0. The van der Waals surface area contributed by atoms with E-state index in [1.54, 1.807) is 6.07 Å². The third kappa shape index (κ3) is 3.57. The Kier molecular flexibility index (Phi) is 4.09. The van der Waals surface area contributed by atoms with Crippen LogP contribution in [0.2, 0.25) is 0 Å². The first-order chi connectivity index (χ1) is 9.36. The topological polar surface area (TPSA) is 59.1 Å². The summed E-state index contributed by atoms with van der Waals surface area (Å²) in [6, 6.07) is 9.55. The molecule has 0 bridgehead atoms. The summed E-state index contributed by atoms with van der Waals surface area (Å²) in [6.45, 7) is 4.85. The highest BCUT2D eigenvalue weighted by atomic mass is 32.2. The van der Waals surface area contributed by atoms with Crippen LogP contribution in [0.4, 0.5) is 5.69 Å². The van der Waals surface area contributed by atoms with Crippen LogP contribution in [-0.2, 0) is 16.4 Å². The number of pyridine rings is 1. The molecule has 0 aliphatic heterocycles. The molecular formula is C15H18N2O2S. The van der Waals surface area contributed by atoms with E-state index in [-0.39, 0.29) is 5.03 Å². The van der Waals surface area contributed by atoms with Crippen LogP contribution in [0.15, 0.2) is 41.6 Å². The maximum Gasteiger partial charge on any atom is 0.192 e. The highest BCUT2D eigenvalue weighted by molar-refractivity contribution is 7.90. The molecule has 0 spiro atoms. The zero-order valence-electron chi connectivity index (χ0n) is 11.8. The molecule has 0 atom stereocenters. The molecule has 2 aromatic rings. The van der Waals surface area contributed by atoms with Crippen molar-refractivity contribution >= 4 is 15.5 Å². The normalized spacial score (nSPS) is 11.3. The van der Waals surface area contributed by atoms with Gasteiger partial charge in [0.2, 0.25) is 0 Å². The molecule has 4 nitrogen and oxygen atoms in total. The summed E-state index contributed by atoms with van der Waals surface area (Å²) in [5, 5.41) is 3.32. The summed E-state index contributed by atoms with van der Waals surface area (Å²) in [7, 11) is -3.24. The van der Waals surface area contributed by atoms with Crippen LogP contribution < -0.4 is 5.32 Å². The quantitative estimate of drug-likeness (QED) is 0.940. The van der Waals surface area contributed by atoms with Crippen LogP contribution >= 0.6 is 0 Å². The first-order valence-electron chi connectivity index (χ1n) is 6.32. The van der Waals surface area contributed by atoms with Crippen LogP contribution in [0, 0.1) is 13.8 Å². The van der Waals surface area contributed by atoms with E-state index >= 15 is 0 Å². The van der Waals surface area contributed by atoms with E-state index in [0.717, 1.165) is 11.9 Å². The summed E-state index contributed by atoms with van der Waals surface area (Å²) in [5.41, 5.74) is 4.51. The molecule has 1 heterocycles. The lowest BCUT2D eigenvalue weighted by atomic mass is 10.1. The molecule has 0 aliphatic rings. The van der Waals surface area contributed by atoms with Gasteiger partial charge in [-0.05, 0) is 42.7 Å². The zero-order valence-corrected chi connectivity index (χ0v) is 12.7. The van der Waals surface area contributed by atoms with Crippen molar-refractivity contribution in [1.29, 1.82) is 0 Å². The average Bonchev–Trinajstić information content (AvgIpc) is 2.40. The van der Waals surface area contributed by atoms with Gasteiger partial charge < -0.3 is 5.32 Å². The lowest BCUT2D eigenvalue weighted by Gasteiger charge is -2.08. The van der Waals surface area contributed by atoms with Crippen molar-refractivity contribution in [3.8, 4) is 0 Å². The average molecular weight is 290 g/mol. The first-order valence-corrected chi connectivity index (χ1v) is 8.21. The van der Waals surface area contributed by atoms with Gasteiger partial charge in [0.05, 0.1) is 11.9 Å². The zero-order chi connectivity index (χ0) is 14.8. The molecule has 0 radical (unpaired) electrons. The Hall–Kier alpha value is -1.88. The number of benzene rings is 1. The number of aryl methyl sites for hydroxylation is 2. The second kappa shape index (κ2) is 5.63. The molecule has 0 amide bonds. The van der Waals surface area contributed by atoms with E-state index in [2.05, 4.69) is 42.3 Å². The number of sulfone groups is 1. The largest absolute Gasteiger partial charge is 0.380 e. The Labute approximate surface area is 119 Å². The minimum absolute atomic E-state index is 0.0919. The van der Waals surface area contributed by atoms with Crippen LogP contribution in [0.5, 0.6) is 0 Å². The minimum Gasteiger partial charge on any atom is -0.380 e.